The van der Waals surface area contributed by atoms with Crippen LogP contribution < -0.4 is 0 Å². The van der Waals surface area contributed by atoms with Crippen LogP contribution in [-0.4, -0.2) is 59.2 Å². The molecule has 8 nitrogen and oxygen atoms in total. The molecule has 3 heterocycles. The van der Waals surface area contributed by atoms with Crippen LogP contribution in [0.1, 0.15) is 72.0 Å². The molecule has 1 N–H and O–H groups in total. The molecular weight excluding hydrogens is 631 g/mol. The normalized spacial score (nSPS) is 20.6. The zero-order valence-electron chi connectivity index (χ0n) is 24.1. The van der Waals surface area contributed by atoms with Gasteiger partial charge in [0.1, 0.15) is 11.4 Å². The molecule has 1 aromatic heterocycles. The van der Waals surface area contributed by atoms with Crippen molar-refractivity contribution in [3.8, 4) is 0 Å². The van der Waals surface area contributed by atoms with Gasteiger partial charge in [-0.3, -0.25) is 0 Å². The van der Waals surface area contributed by atoms with Crippen molar-refractivity contribution in [1.82, 2.24) is 13.9 Å². The fourth-order valence-electron chi connectivity index (χ4n) is 6.46. The number of aliphatic hydroxyl groups is 1. The highest BCUT2D eigenvalue weighted by Crippen LogP contribution is 2.45. The summed E-state index contributed by atoms with van der Waals surface area (Å²) in [7, 11) is -5.40. The van der Waals surface area contributed by atoms with Crippen molar-refractivity contribution < 1.29 is 36.2 Å². The van der Waals surface area contributed by atoms with Crippen LogP contribution in [0, 0.1) is 0 Å². The highest BCUT2D eigenvalue weighted by molar-refractivity contribution is 7.90. The molecule has 7 rings (SSSR count). The number of aromatic nitrogens is 2. The Morgan fingerprint density at radius 3 is 2.00 bits per heavy atom. The molecular formula is C32H31ClF3N3O5S. The third-order valence-electron chi connectivity index (χ3n) is 8.98. The van der Waals surface area contributed by atoms with Crippen LogP contribution in [0.2, 0.25) is 5.02 Å². The minimum absolute atomic E-state index is 0.207. The van der Waals surface area contributed by atoms with Gasteiger partial charge in [0.25, 0.3) is 0 Å². The molecule has 3 aliphatic rings. The summed E-state index contributed by atoms with van der Waals surface area (Å²) >= 11 is 6.21. The number of ether oxygens (including phenoxy) is 2. The lowest BCUT2D eigenvalue weighted by Gasteiger charge is -2.33. The molecule has 3 aromatic carbocycles. The fraction of sp³-hybridized carbons (Fsp3) is 0.406. The molecule has 3 fully saturated rings. The van der Waals surface area contributed by atoms with E-state index in [4.69, 9.17) is 26.1 Å². The van der Waals surface area contributed by atoms with E-state index in [9.17, 15) is 26.7 Å². The maximum atomic E-state index is 13.2. The summed E-state index contributed by atoms with van der Waals surface area (Å²) in [6.45, 7) is 0.528. The number of nitrogens with zero attached hydrogens (tertiary/aromatic N) is 3. The first-order valence-corrected chi connectivity index (χ1v) is 16.7. The highest BCUT2D eigenvalue weighted by atomic mass is 35.5. The zero-order chi connectivity index (χ0) is 31.6. The van der Waals surface area contributed by atoms with Gasteiger partial charge in [0.2, 0.25) is 0 Å². The van der Waals surface area contributed by atoms with Gasteiger partial charge in [0.15, 0.2) is 6.29 Å². The van der Waals surface area contributed by atoms with Gasteiger partial charge in [-0.25, -0.2) is 13.4 Å². The highest BCUT2D eigenvalue weighted by Gasteiger charge is 2.50. The average molecular weight is 662 g/mol. The molecule has 1 atom stereocenters. The molecule has 238 valence electrons. The predicted molar refractivity (Wildman–Crippen MR) is 161 cm³/mol. The van der Waals surface area contributed by atoms with Crippen molar-refractivity contribution in [3.63, 3.8) is 0 Å². The average Bonchev–Trinajstić information content (AvgIpc) is 3.58. The van der Waals surface area contributed by atoms with E-state index in [0.717, 1.165) is 29.7 Å². The molecule has 1 unspecified atom stereocenters. The van der Waals surface area contributed by atoms with Crippen LogP contribution in [0.3, 0.4) is 0 Å². The standard InChI is InChI=1S/C32H31ClF3N3O5S/c33-25-10-7-23(8-11-25)31(40,22-5-3-21(4-6-22)30-43-17-18-44-30)24-9-12-27-28(19-24)39(29(37-27)20-1-2-20)26-13-15-38(16-14-26)45(41,42)32(34,35)36/h3-12,19-20,26,30,40H,1-2,13-18H2. The molecule has 0 spiro atoms. The maximum absolute atomic E-state index is 13.2. The van der Waals surface area contributed by atoms with Gasteiger partial charge in [-0.1, -0.05) is 54.1 Å². The SMILES string of the molecule is O=S(=O)(N1CCC(n2c(C3CC3)nc3ccc(C(O)(c4ccc(Cl)cc4)c4ccc(C5OCCO5)cc4)cc32)CC1)C(F)(F)F. The van der Waals surface area contributed by atoms with E-state index in [0.29, 0.717) is 44.7 Å². The monoisotopic (exact) mass is 661 g/mol. The van der Waals surface area contributed by atoms with Crippen molar-refractivity contribution in [1.29, 1.82) is 0 Å². The van der Waals surface area contributed by atoms with Crippen LogP contribution in [0.25, 0.3) is 11.0 Å². The van der Waals surface area contributed by atoms with Gasteiger partial charge < -0.3 is 19.1 Å². The van der Waals surface area contributed by atoms with Crippen molar-refractivity contribution in [2.24, 2.45) is 0 Å². The van der Waals surface area contributed by atoms with E-state index in [1.165, 1.54) is 0 Å². The molecule has 45 heavy (non-hydrogen) atoms. The van der Waals surface area contributed by atoms with Gasteiger partial charge in [0, 0.05) is 35.6 Å². The van der Waals surface area contributed by atoms with Gasteiger partial charge in [-0.2, -0.15) is 17.5 Å². The number of benzene rings is 3. The fourth-order valence-corrected chi connectivity index (χ4v) is 7.57. The molecule has 4 aromatic rings. The number of hydrogen-bond acceptors (Lipinski definition) is 6. The van der Waals surface area contributed by atoms with E-state index < -0.39 is 27.4 Å². The molecule has 2 aliphatic heterocycles. The Kier molecular flexibility index (Phi) is 7.73. The van der Waals surface area contributed by atoms with Gasteiger partial charge >= 0.3 is 15.5 Å². The third-order valence-corrected chi connectivity index (χ3v) is 10.9. The summed E-state index contributed by atoms with van der Waals surface area (Å²) < 4.78 is 77.7. The second-order valence-corrected chi connectivity index (χ2v) is 14.2. The minimum Gasteiger partial charge on any atom is -0.376 e. The quantitative estimate of drug-likeness (QED) is 0.231. The summed E-state index contributed by atoms with van der Waals surface area (Å²) in [5.41, 5.74) is -2.91. The molecule has 0 bridgehead atoms. The molecule has 0 amide bonds. The third kappa shape index (κ3) is 5.45. The number of alkyl halides is 3. The summed E-state index contributed by atoms with van der Waals surface area (Å²) in [6.07, 6.45) is 1.85. The van der Waals surface area contributed by atoms with Gasteiger partial charge in [0.05, 0.1) is 24.2 Å². The second-order valence-electron chi connectivity index (χ2n) is 11.8. The van der Waals surface area contributed by atoms with E-state index in [1.807, 2.05) is 42.5 Å². The number of imidazole rings is 1. The summed E-state index contributed by atoms with van der Waals surface area (Å²) in [6, 6.07) is 19.7. The van der Waals surface area contributed by atoms with Crippen LogP contribution in [-0.2, 0) is 25.1 Å². The van der Waals surface area contributed by atoms with Crippen molar-refractivity contribution in [2.45, 2.75) is 55.0 Å². The molecule has 1 aliphatic carbocycles. The number of sulfonamides is 1. The minimum atomic E-state index is -5.40. The number of rotatable bonds is 7. The van der Waals surface area contributed by atoms with Crippen molar-refractivity contribution >= 4 is 32.7 Å². The number of hydrogen-bond donors (Lipinski definition) is 1. The number of piperidine rings is 1. The Bertz CT molecular complexity index is 1810. The van der Waals surface area contributed by atoms with Crippen LogP contribution in [0.4, 0.5) is 13.2 Å². The Balaban J connectivity index is 1.30. The molecule has 13 heteroatoms. The maximum Gasteiger partial charge on any atom is 0.511 e. The van der Waals surface area contributed by atoms with E-state index in [-0.39, 0.29) is 37.9 Å². The molecule has 2 saturated heterocycles. The Morgan fingerprint density at radius 2 is 1.42 bits per heavy atom. The van der Waals surface area contributed by atoms with Crippen LogP contribution >= 0.6 is 11.6 Å². The van der Waals surface area contributed by atoms with E-state index in [1.54, 1.807) is 24.3 Å². The van der Waals surface area contributed by atoms with Gasteiger partial charge in [-0.05, 0) is 66.6 Å². The summed E-state index contributed by atoms with van der Waals surface area (Å²) in [5.74, 6) is 1.07. The van der Waals surface area contributed by atoms with Crippen LogP contribution in [0.5, 0.6) is 0 Å². The largest absolute Gasteiger partial charge is 0.511 e. The lowest BCUT2D eigenvalue weighted by Crippen LogP contribution is -2.45. The second kappa shape index (κ2) is 11.4. The summed E-state index contributed by atoms with van der Waals surface area (Å²) in [5, 5.41) is 13.2. The van der Waals surface area contributed by atoms with Crippen molar-refractivity contribution in [2.75, 3.05) is 26.3 Å². The van der Waals surface area contributed by atoms with Gasteiger partial charge in [-0.15, -0.1) is 0 Å². The zero-order valence-corrected chi connectivity index (χ0v) is 25.7. The molecule has 1 saturated carbocycles. The first-order chi connectivity index (χ1) is 21.5. The predicted octanol–water partition coefficient (Wildman–Crippen LogP) is 6.38. The van der Waals surface area contributed by atoms with Crippen LogP contribution in [0.15, 0.2) is 66.7 Å². The topological polar surface area (TPSA) is 93.9 Å². The lowest BCUT2D eigenvalue weighted by atomic mass is 9.80. The van der Waals surface area contributed by atoms with E-state index >= 15 is 0 Å². The van der Waals surface area contributed by atoms with E-state index in [2.05, 4.69) is 4.57 Å². The Morgan fingerprint density at radius 1 is 0.844 bits per heavy atom. The number of fused-ring (bicyclic) bond motifs is 1. The summed E-state index contributed by atoms with van der Waals surface area (Å²) in [4.78, 5) is 4.92. The molecule has 0 radical (unpaired) electrons. The number of halogens is 4. The first kappa shape index (κ1) is 30.6. The smallest absolute Gasteiger partial charge is 0.376 e. The Hall–Kier alpha value is -3.00. The first-order valence-electron chi connectivity index (χ1n) is 14.9. The van der Waals surface area contributed by atoms with Crippen molar-refractivity contribution in [3.05, 3.63) is 99.8 Å². The lowest BCUT2D eigenvalue weighted by molar-refractivity contribution is -0.0496. The Labute approximate surface area is 263 Å².